The van der Waals surface area contributed by atoms with Crippen molar-refractivity contribution in [2.75, 3.05) is 17.6 Å². The van der Waals surface area contributed by atoms with E-state index in [4.69, 9.17) is 11.1 Å². The molecule has 0 atom stereocenters. The number of hydrogen-bond acceptors (Lipinski definition) is 7. The molecule has 0 aromatic carbocycles. The van der Waals surface area contributed by atoms with E-state index < -0.39 is 12.7 Å². The van der Waals surface area contributed by atoms with E-state index in [0.717, 1.165) is 29.1 Å². The van der Waals surface area contributed by atoms with Crippen molar-refractivity contribution in [1.29, 1.82) is 5.41 Å². The Morgan fingerprint density at radius 2 is 1.93 bits per heavy atom. The minimum absolute atomic E-state index is 0.187. The van der Waals surface area contributed by atoms with Crippen molar-refractivity contribution in [2.24, 2.45) is 0 Å². The number of rotatable bonds is 7. The van der Waals surface area contributed by atoms with Crippen LogP contribution in [-0.2, 0) is 6.54 Å². The molecule has 0 spiro atoms. The summed E-state index contributed by atoms with van der Waals surface area (Å²) in [6, 6.07) is 10.4. The second-order valence-electron chi connectivity index (χ2n) is 6.07. The lowest BCUT2D eigenvalue weighted by Gasteiger charge is -2.11. The summed E-state index contributed by atoms with van der Waals surface area (Å²) in [5, 5.41) is 12.7. The summed E-state index contributed by atoms with van der Waals surface area (Å²) in [5.74, 6) is 0.346. The maximum absolute atomic E-state index is 12.3. The number of nitrogen functional groups attached to an aromatic ring is 1. The molecule has 3 aromatic heterocycles. The van der Waals surface area contributed by atoms with Gasteiger partial charge in [-0.2, -0.15) is 13.2 Å². The van der Waals surface area contributed by atoms with Crippen LogP contribution in [0, 0.1) is 5.41 Å². The number of alkyl halides is 3. The Balaban J connectivity index is 1.75. The van der Waals surface area contributed by atoms with Gasteiger partial charge in [0.2, 0.25) is 0 Å². The summed E-state index contributed by atoms with van der Waals surface area (Å²) in [6.07, 6.45) is -0.645. The van der Waals surface area contributed by atoms with Gasteiger partial charge in [0.15, 0.2) is 0 Å². The molecular weight excluding hydrogens is 383 g/mol. The molecule has 3 rings (SSSR count). The molecule has 0 saturated carbocycles. The van der Waals surface area contributed by atoms with Crippen LogP contribution >= 0.6 is 0 Å². The van der Waals surface area contributed by atoms with Gasteiger partial charge in [-0.15, -0.1) is 0 Å². The van der Waals surface area contributed by atoms with Crippen molar-refractivity contribution < 1.29 is 13.2 Å². The first-order valence-electron chi connectivity index (χ1n) is 8.58. The summed E-state index contributed by atoms with van der Waals surface area (Å²) in [6.45, 7) is -0.867. The molecule has 3 heterocycles. The molecule has 0 fully saturated rings. The highest BCUT2D eigenvalue weighted by Crippen LogP contribution is 2.21. The average Bonchev–Trinajstić information content (AvgIpc) is 2.70. The fraction of sp³-hybridized carbons (Fsp3) is 0.158. The number of allylic oxidation sites excluding steroid dienone is 1. The van der Waals surface area contributed by atoms with Crippen LogP contribution in [0.1, 0.15) is 11.4 Å². The molecule has 10 heteroatoms. The van der Waals surface area contributed by atoms with Gasteiger partial charge in [0.05, 0.1) is 34.7 Å². The highest BCUT2D eigenvalue weighted by atomic mass is 19.4. The Labute approximate surface area is 164 Å². The number of hydrogen-bond donors (Lipinski definition) is 4. The molecule has 5 N–H and O–H groups in total. The van der Waals surface area contributed by atoms with Crippen LogP contribution in [0.2, 0.25) is 0 Å². The van der Waals surface area contributed by atoms with E-state index in [1.165, 1.54) is 6.07 Å². The lowest BCUT2D eigenvalue weighted by atomic mass is 10.2. The maximum Gasteiger partial charge on any atom is 0.405 e. The predicted octanol–water partition coefficient (Wildman–Crippen LogP) is 3.36. The van der Waals surface area contributed by atoms with Crippen LogP contribution in [0.5, 0.6) is 0 Å². The van der Waals surface area contributed by atoms with Gasteiger partial charge >= 0.3 is 6.18 Å². The summed E-state index contributed by atoms with van der Waals surface area (Å²) < 4.78 is 36.9. The molecule has 29 heavy (non-hydrogen) atoms. The predicted molar refractivity (Wildman–Crippen MR) is 106 cm³/mol. The number of anilines is 2. The van der Waals surface area contributed by atoms with Crippen LogP contribution in [0.4, 0.5) is 24.7 Å². The van der Waals surface area contributed by atoms with E-state index in [-0.39, 0.29) is 5.57 Å². The van der Waals surface area contributed by atoms with Crippen molar-refractivity contribution in [3.8, 4) is 0 Å². The zero-order chi connectivity index (χ0) is 20.9. The molecule has 7 nitrogen and oxygen atoms in total. The third-order valence-corrected chi connectivity index (χ3v) is 3.89. The Kier molecular flexibility index (Phi) is 5.91. The van der Waals surface area contributed by atoms with Crippen molar-refractivity contribution in [2.45, 2.75) is 12.7 Å². The summed E-state index contributed by atoms with van der Waals surface area (Å²) in [4.78, 5) is 13.0. The summed E-state index contributed by atoms with van der Waals surface area (Å²) in [5.41, 5.74) is 9.08. The minimum atomic E-state index is -4.35. The highest BCUT2D eigenvalue weighted by molar-refractivity contribution is 6.07. The molecule has 0 saturated heterocycles. The van der Waals surface area contributed by atoms with E-state index in [1.54, 1.807) is 18.3 Å². The number of nitrogens with zero attached hydrogens (tertiary/aromatic N) is 3. The van der Waals surface area contributed by atoms with E-state index in [2.05, 4.69) is 25.6 Å². The van der Waals surface area contributed by atoms with E-state index >= 15 is 0 Å². The van der Waals surface area contributed by atoms with Gasteiger partial charge in [-0.1, -0.05) is 0 Å². The van der Waals surface area contributed by atoms with Gasteiger partial charge in [0.25, 0.3) is 0 Å². The molecule has 0 amide bonds. The van der Waals surface area contributed by atoms with E-state index in [0.29, 0.717) is 23.7 Å². The SMILES string of the molecule is N=C/C(=C\NCC(F)(F)F)c1ccc(N)c(NCc2ccc3ncccc3n2)n1. The number of halogens is 3. The molecule has 0 unspecified atom stereocenters. The van der Waals surface area contributed by atoms with Gasteiger partial charge in [-0.3, -0.25) is 4.98 Å². The lowest BCUT2D eigenvalue weighted by Crippen LogP contribution is -2.25. The number of fused-ring (bicyclic) bond motifs is 1. The number of aromatic nitrogens is 3. The lowest BCUT2D eigenvalue weighted by molar-refractivity contribution is -0.122. The van der Waals surface area contributed by atoms with Crippen LogP contribution in [0.3, 0.4) is 0 Å². The Hall–Kier alpha value is -3.69. The van der Waals surface area contributed by atoms with Crippen LogP contribution < -0.4 is 16.4 Å². The quantitative estimate of drug-likeness (QED) is 0.452. The van der Waals surface area contributed by atoms with E-state index in [9.17, 15) is 13.2 Å². The fourth-order valence-corrected chi connectivity index (χ4v) is 2.51. The second-order valence-corrected chi connectivity index (χ2v) is 6.07. The smallest absolute Gasteiger partial charge is 0.396 e. The zero-order valence-electron chi connectivity index (χ0n) is 15.2. The molecule has 0 bridgehead atoms. The number of nitrogens with one attached hydrogen (secondary N) is 3. The normalized spacial score (nSPS) is 12.0. The minimum Gasteiger partial charge on any atom is -0.396 e. The van der Waals surface area contributed by atoms with Gasteiger partial charge < -0.3 is 21.8 Å². The average molecular weight is 401 g/mol. The van der Waals surface area contributed by atoms with Crippen molar-refractivity contribution >= 4 is 34.3 Å². The maximum atomic E-state index is 12.3. The first-order valence-corrected chi connectivity index (χ1v) is 8.58. The zero-order valence-corrected chi connectivity index (χ0v) is 15.2. The molecule has 0 aliphatic carbocycles. The Morgan fingerprint density at radius 3 is 2.69 bits per heavy atom. The molecule has 0 aliphatic heterocycles. The molecule has 3 aromatic rings. The monoisotopic (exact) mass is 401 g/mol. The second kappa shape index (κ2) is 8.55. The van der Waals surface area contributed by atoms with E-state index in [1.807, 2.05) is 18.2 Å². The molecule has 0 radical (unpaired) electrons. The standard InChI is InChI=1S/C19H18F3N7/c20-19(21,22)11-25-9-12(8-23)15-6-4-14(24)18(29-15)27-10-13-3-5-16-17(28-13)2-1-7-26-16/h1-9,23,25H,10-11,24H2,(H,27,29)/b12-9+,23-8?. The number of pyridine rings is 3. The fourth-order valence-electron chi connectivity index (χ4n) is 2.51. The third kappa shape index (κ3) is 5.41. The molecular formula is C19H18F3N7. The van der Waals surface area contributed by atoms with Gasteiger partial charge in [-0.05, 0) is 36.4 Å². The van der Waals surface area contributed by atoms with Crippen molar-refractivity contribution in [1.82, 2.24) is 20.3 Å². The van der Waals surface area contributed by atoms with Gasteiger partial charge in [0.1, 0.15) is 12.4 Å². The van der Waals surface area contributed by atoms with Crippen molar-refractivity contribution in [3.05, 3.63) is 60.2 Å². The van der Waals surface area contributed by atoms with Crippen LogP contribution in [-0.4, -0.2) is 33.9 Å². The Bertz CT molecular complexity index is 1050. The van der Waals surface area contributed by atoms with Crippen LogP contribution in [0.15, 0.2) is 48.8 Å². The Morgan fingerprint density at radius 1 is 1.10 bits per heavy atom. The summed E-state index contributed by atoms with van der Waals surface area (Å²) in [7, 11) is 0. The molecule has 0 aliphatic rings. The number of nitrogens with two attached hydrogens (primary N) is 1. The third-order valence-electron chi connectivity index (χ3n) is 3.89. The first kappa shape index (κ1) is 20.1. The topological polar surface area (TPSA) is 113 Å². The highest BCUT2D eigenvalue weighted by Gasteiger charge is 2.25. The largest absolute Gasteiger partial charge is 0.405 e. The molecule has 150 valence electrons. The first-order chi connectivity index (χ1) is 13.9. The van der Waals surface area contributed by atoms with Gasteiger partial charge in [-0.25, -0.2) is 9.97 Å². The van der Waals surface area contributed by atoms with Crippen molar-refractivity contribution in [3.63, 3.8) is 0 Å². The van der Waals surface area contributed by atoms with Gasteiger partial charge in [0, 0.05) is 24.2 Å². The summed E-state index contributed by atoms with van der Waals surface area (Å²) >= 11 is 0. The van der Waals surface area contributed by atoms with Crippen LogP contribution in [0.25, 0.3) is 16.6 Å².